The van der Waals surface area contributed by atoms with Gasteiger partial charge in [-0.05, 0) is 43.4 Å². The van der Waals surface area contributed by atoms with Crippen LogP contribution in [-0.4, -0.2) is 45.6 Å². The molecule has 1 saturated carbocycles. The van der Waals surface area contributed by atoms with Crippen LogP contribution in [0.1, 0.15) is 64.2 Å². The molecule has 1 fully saturated rings. The molecule has 34 heavy (non-hydrogen) atoms. The fraction of sp³-hybridized carbons (Fsp3) is 0.560. The van der Waals surface area contributed by atoms with Gasteiger partial charge in [0.2, 0.25) is 5.91 Å². The molecule has 5 N–H and O–H groups in total. The summed E-state index contributed by atoms with van der Waals surface area (Å²) in [6, 6.07) is 5.43. The van der Waals surface area contributed by atoms with E-state index in [0.717, 1.165) is 37.4 Å². The fourth-order valence-electron chi connectivity index (χ4n) is 4.91. The van der Waals surface area contributed by atoms with E-state index in [2.05, 4.69) is 25.9 Å². The van der Waals surface area contributed by atoms with E-state index in [9.17, 15) is 14.7 Å². The molecule has 9 nitrogen and oxygen atoms in total. The number of ether oxygens (including phenoxy) is 1. The highest BCUT2D eigenvalue weighted by atomic mass is 16.5. The Kier molecular flexibility index (Phi) is 8.27. The molecule has 1 aromatic heterocycles. The third-order valence-electron chi connectivity index (χ3n) is 6.64. The number of carboxylic acid groups (broad SMARTS) is 1. The second-order valence-corrected chi connectivity index (χ2v) is 9.33. The average molecular weight is 470 g/mol. The molecule has 4 rings (SSSR count). The number of aromatic amines is 1. The third-order valence-corrected chi connectivity index (χ3v) is 6.64. The van der Waals surface area contributed by atoms with Crippen LogP contribution in [0.4, 0.5) is 17.3 Å². The normalized spacial score (nSPS) is 20.0. The maximum atomic E-state index is 12.4. The van der Waals surface area contributed by atoms with E-state index >= 15 is 0 Å². The smallest absolute Gasteiger partial charge is 0.307 e. The van der Waals surface area contributed by atoms with Crippen LogP contribution in [-0.2, 0) is 9.59 Å². The first-order valence-electron chi connectivity index (χ1n) is 12.4. The number of aliphatic carboxylic acids is 1. The molecule has 1 amide bonds. The van der Waals surface area contributed by atoms with Crippen molar-refractivity contribution in [2.24, 2.45) is 5.92 Å². The number of carbonyl (C=O) groups is 2. The molecule has 2 unspecified atom stereocenters. The first-order valence-corrected chi connectivity index (χ1v) is 12.4. The van der Waals surface area contributed by atoms with Crippen molar-refractivity contribution in [1.82, 2.24) is 9.97 Å². The Morgan fingerprint density at radius 2 is 2.03 bits per heavy atom. The first kappa shape index (κ1) is 23.9. The zero-order valence-corrected chi connectivity index (χ0v) is 19.5. The molecule has 1 aliphatic heterocycles. The summed E-state index contributed by atoms with van der Waals surface area (Å²) < 4.78 is 6.11. The number of carboxylic acids is 1. The molecule has 2 atom stereocenters. The molecular formula is C25H35N5O4. The van der Waals surface area contributed by atoms with Gasteiger partial charge in [0.1, 0.15) is 11.9 Å². The second kappa shape index (κ2) is 11.8. The number of rotatable bonds is 11. The number of fused-ring (bicyclic) bond motifs is 1. The van der Waals surface area contributed by atoms with Crippen LogP contribution in [0.25, 0.3) is 0 Å². The predicted octanol–water partition coefficient (Wildman–Crippen LogP) is 4.62. The van der Waals surface area contributed by atoms with Crippen LogP contribution >= 0.6 is 0 Å². The third kappa shape index (κ3) is 6.88. The lowest BCUT2D eigenvalue weighted by molar-refractivity contribution is -0.139. The highest BCUT2D eigenvalue weighted by molar-refractivity contribution is 5.91. The molecule has 0 bridgehead atoms. The summed E-state index contributed by atoms with van der Waals surface area (Å²) in [7, 11) is 0. The lowest BCUT2D eigenvalue weighted by Crippen LogP contribution is -2.44. The van der Waals surface area contributed by atoms with Crippen molar-refractivity contribution in [3.05, 3.63) is 30.6 Å². The molecule has 0 radical (unpaired) electrons. The largest absolute Gasteiger partial charge is 0.486 e. The molecule has 1 aliphatic carbocycles. The summed E-state index contributed by atoms with van der Waals surface area (Å²) in [6.07, 6.45) is 12.2. The number of aromatic nitrogens is 2. The van der Waals surface area contributed by atoms with Gasteiger partial charge in [0, 0.05) is 31.0 Å². The zero-order valence-electron chi connectivity index (χ0n) is 19.5. The van der Waals surface area contributed by atoms with Crippen LogP contribution in [0.2, 0.25) is 0 Å². The van der Waals surface area contributed by atoms with Gasteiger partial charge in [-0.2, -0.15) is 0 Å². The minimum absolute atomic E-state index is 0.0304. The molecule has 2 aliphatic rings. The Labute approximate surface area is 200 Å². The number of unbranched alkanes of at least 4 members (excludes halogenated alkanes) is 1. The van der Waals surface area contributed by atoms with E-state index in [1.54, 1.807) is 24.5 Å². The average Bonchev–Trinajstić information content (AvgIpc) is 3.33. The lowest BCUT2D eigenvalue weighted by Gasteiger charge is -2.37. The maximum Gasteiger partial charge on any atom is 0.307 e. The van der Waals surface area contributed by atoms with E-state index in [0.29, 0.717) is 23.8 Å². The van der Waals surface area contributed by atoms with Crippen molar-refractivity contribution < 1.29 is 19.4 Å². The standard InChI is InChI=1S/C25H35N5O4/c31-23(8-4-5-11-26-25-27-12-13-28-25)29-18-9-10-21-20(15-18)30-19(22(34-21)16-24(32)33)14-17-6-2-1-3-7-17/h9-10,12-13,15,17,19,22,30H,1-8,11,14,16H2,(H,29,31)(H,32,33)(H2,26,27,28). The van der Waals surface area contributed by atoms with Gasteiger partial charge >= 0.3 is 5.97 Å². The molecular weight excluding hydrogens is 434 g/mol. The highest BCUT2D eigenvalue weighted by Gasteiger charge is 2.33. The van der Waals surface area contributed by atoms with E-state index < -0.39 is 12.1 Å². The first-order chi connectivity index (χ1) is 16.6. The molecule has 184 valence electrons. The lowest BCUT2D eigenvalue weighted by atomic mass is 9.83. The van der Waals surface area contributed by atoms with Gasteiger partial charge in [-0.25, -0.2) is 4.98 Å². The summed E-state index contributed by atoms with van der Waals surface area (Å²) in [4.78, 5) is 30.9. The molecule has 9 heteroatoms. The number of benzene rings is 1. The number of amides is 1. The summed E-state index contributed by atoms with van der Waals surface area (Å²) in [6.45, 7) is 0.751. The van der Waals surface area contributed by atoms with Gasteiger partial charge in [-0.1, -0.05) is 32.1 Å². The van der Waals surface area contributed by atoms with Crippen LogP contribution in [0, 0.1) is 5.92 Å². The van der Waals surface area contributed by atoms with Gasteiger partial charge in [0.05, 0.1) is 18.2 Å². The van der Waals surface area contributed by atoms with Crippen molar-refractivity contribution in [3.8, 4) is 5.75 Å². The van der Waals surface area contributed by atoms with E-state index in [1.807, 2.05) is 6.07 Å². The van der Waals surface area contributed by atoms with Gasteiger partial charge in [-0.3, -0.25) is 9.59 Å². The highest BCUT2D eigenvalue weighted by Crippen LogP contribution is 2.38. The monoisotopic (exact) mass is 469 g/mol. The van der Waals surface area contributed by atoms with Crippen molar-refractivity contribution in [2.45, 2.75) is 76.4 Å². The number of imidazole rings is 1. The van der Waals surface area contributed by atoms with E-state index in [1.165, 1.54) is 32.1 Å². The molecule has 1 aromatic carbocycles. The Morgan fingerprint density at radius 3 is 2.79 bits per heavy atom. The van der Waals surface area contributed by atoms with Crippen molar-refractivity contribution in [3.63, 3.8) is 0 Å². The number of hydrogen-bond donors (Lipinski definition) is 5. The fourth-order valence-corrected chi connectivity index (χ4v) is 4.91. The minimum Gasteiger partial charge on any atom is -0.486 e. The number of anilines is 3. The zero-order chi connectivity index (χ0) is 23.8. The summed E-state index contributed by atoms with van der Waals surface area (Å²) in [5, 5.41) is 19.0. The SMILES string of the molecule is O=C(O)CC1Oc2ccc(NC(=O)CCCCNc3ncc[nH]3)cc2NC1CC1CCCCC1. The number of carbonyl (C=O) groups excluding carboxylic acids is 1. The second-order valence-electron chi connectivity index (χ2n) is 9.33. The summed E-state index contributed by atoms with van der Waals surface area (Å²) in [5.41, 5.74) is 1.52. The van der Waals surface area contributed by atoms with Gasteiger partial charge in [-0.15, -0.1) is 0 Å². The Hall–Kier alpha value is -3.23. The van der Waals surface area contributed by atoms with Crippen molar-refractivity contribution in [2.75, 3.05) is 22.5 Å². The van der Waals surface area contributed by atoms with Gasteiger partial charge in [0.15, 0.2) is 5.95 Å². The minimum atomic E-state index is -0.855. The number of nitrogens with zero attached hydrogens (tertiary/aromatic N) is 1. The van der Waals surface area contributed by atoms with Crippen LogP contribution < -0.4 is 20.7 Å². The molecule has 2 aromatic rings. The topological polar surface area (TPSA) is 128 Å². The molecule has 0 saturated heterocycles. The van der Waals surface area contributed by atoms with Crippen LogP contribution in [0.15, 0.2) is 30.6 Å². The van der Waals surface area contributed by atoms with Gasteiger partial charge < -0.3 is 30.8 Å². The molecule has 2 heterocycles. The predicted molar refractivity (Wildman–Crippen MR) is 131 cm³/mol. The van der Waals surface area contributed by atoms with E-state index in [-0.39, 0.29) is 18.4 Å². The van der Waals surface area contributed by atoms with E-state index in [4.69, 9.17) is 4.74 Å². The quantitative estimate of drug-likeness (QED) is 0.304. The summed E-state index contributed by atoms with van der Waals surface area (Å²) in [5.74, 6) is 1.08. The number of hydrogen-bond acceptors (Lipinski definition) is 6. The molecule has 0 spiro atoms. The Bertz CT molecular complexity index is 943. The van der Waals surface area contributed by atoms with Crippen molar-refractivity contribution >= 4 is 29.2 Å². The number of nitrogens with one attached hydrogen (secondary N) is 4. The van der Waals surface area contributed by atoms with Crippen LogP contribution in [0.3, 0.4) is 0 Å². The number of H-pyrrole nitrogens is 1. The van der Waals surface area contributed by atoms with Gasteiger partial charge in [0.25, 0.3) is 0 Å². The van der Waals surface area contributed by atoms with Crippen molar-refractivity contribution in [1.29, 1.82) is 0 Å². The Balaban J connectivity index is 1.29. The summed E-state index contributed by atoms with van der Waals surface area (Å²) >= 11 is 0. The Morgan fingerprint density at radius 1 is 1.18 bits per heavy atom. The van der Waals surface area contributed by atoms with Crippen LogP contribution in [0.5, 0.6) is 5.75 Å². The maximum absolute atomic E-state index is 12.4.